The lowest BCUT2D eigenvalue weighted by molar-refractivity contribution is -0.143. The predicted octanol–water partition coefficient (Wildman–Crippen LogP) is 1.83. The van der Waals surface area contributed by atoms with E-state index in [1.54, 1.807) is 11.8 Å². The van der Waals surface area contributed by atoms with Crippen LogP contribution in [0.2, 0.25) is 0 Å². The van der Waals surface area contributed by atoms with Crippen molar-refractivity contribution in [3.8, 4) is 0 Å². The average Bonchev–Trinajstić information content (AvgIpc) is 2.77. The number of nitrogens with zero attached hydrogens (tertiary/aromatic N) is 1. The van der Waals surface area contributed by atoms with Gasteiger partial charge < -0.3 is 10.2 Å². The Morgan fingerprint density at radius 2 is 2.12 bits per heavy atom. The van der Waals surface area contributed by atoms with E-state index in [1.165, 1.54) is 0 Å². The van der Waals surface area contributed by atoms with Crippen LogP contribution in [0.3, 0.4) is 0 Å². The van der Waals surface area contributed by atoms with Crippen molar-refractivity contribution in [1.82, 2.24) is 10.2 Å². The van der Waals surface area contributed by atoms with Crippen molar-refractivity contribution in [3.05, 3.63) is 0 Å². The van der Waals surface area contributed by atoms with Crippen LogP contribution >= 0.6 is 11.8 Å². The highest BCUT2D eigenvalue weighted by atomic mass is 32.2. The summed E-state index contributed by atoms with van der Waals surface area (Å²) in [6, 6.07) is 0.314. The molecule has 2 atom stereocenters. The summed E-state index contributed by atoms with van der Waals surface area (Å²) in [6.07, 6.45) is 3.06. The van der Waals surface area contributed by atoms with Crippen molar-refractivity contribution in [2.24, 2.45) is 11.3 Å². The molecular weight excluding hydrogens is 232 g/mol. The van der Waals surface area contributed by atoms with Gasteiger partial charge in [-0.3, -0.25) is 4.79 Å². The molecule has 1 rings (SSSR count). The zero-order chi connectivity index (χ0) is 13.1. The molecule has 0 radical (unpaired) electrons. The highest BCUT2D eigenvalue weighted by Crippen LogP contribution is 2.36. The molecule has 0 aromatic heterocycles. The molecule has 1 amide bonds. The average molecular weight is 258 g/mol. The fourth-order valence-corrected chi connectivity index (χ4v) is 3.24. The third-order valence-electron chi connectivity index (χ3n) is 4.11. The van der Waals surface area contributed by atoms with Gasteiger partial charge in [0.15, 0.2) is 0 Å². The molecule has 3 nitrogen and oxygen atoms in total. The third-order valence-corrected chi connectivity index (χ3v) is 4.92. The second-order valence-corrected chi connectivity index (χ2v) is 6.37. The minimum absolute atomic E-state index is 0.179. The third kappa shape index (κ3) is 2.97. The summed E-state index contributed by atoms with van der Waals surface area (Å²) >= 11 is 1.80. The van der Waals surface area contributed by atoms with E-state index in [-0.39, 0.29) is 5.41 Å². The Labute approximate surface area is 110 Å². The summed E-state index contributed by atoms with van der Waals surface area (Å²) in [6.45, 7) is 8.26. The van der Waals surface area contributed by atoms with Crippen molar-refractivity contribution in [3.63, 3.8) is 0 Å². The number of thioether (sulfide) groups is 1. The Balaban J connectivity index is 2.78. The molecule has 100 valence electrons. The van der Waals surface area contributed by atoms with Crippen LogP contribution in [-0.4, -0.2) is 49.0 Å². The monoisotopic (exact) mass is 258 g/mol. The van der Waals surface area contributed by atoms with E-state index in [2.05, 4.69) is 32.3 Å². The molecule has 17 heavy (non-hydrogen) atoms. The lowest BCUT2D eigenvalue weighted by Crippen LogP contribution is -2.50. The molecule has 0 saturated carbocycles. The van der Waals surface area contributed by atoms with Gasteiger partial charge in [-0.25, -0.2) is 0 Å². The molecule has 0 aliphatic carbocycles. The van der Waals surface area contributed by atoms with Gasteiger partial charge in [-0.1, -0.05) is 13.8 Å². The molecule has 1 aliphatic heterocycles. The number of rotatable bonds is 5. The normalized spacial score (nSPS) is 26.2. The van der Waals surface area contributed by atoms with Crippen molar-refractivity contribution in [2.75, 3.05) is 32.1 Å². The number of carbonyl (C=O) groups excluding carboxylic acids is 1. The van der Waals surface area contributed by atoms with Crippen molar-refractivity contribution >= 4 is 17.7 Å². The number of carbonyl (C=O) groups is 1. The van der Waals surface area contributed by atoms with Crippen LogP contribution in [0.25, 0.3) is 0 Å². The van der Waals surface area contributed by atoms with Gasteiger partial charge in [0.1, 0.15) is 0 Å². The fraction of sp³-hybridized carbons (Fsp3) is 0.923. The van der Waals surface area contributed by atoms with Crippen LogP contribution in [0, 0.1) is 11.3 Å². The first-order chi connectivity index (χ1) is 7.95. The SMILES string of the molecule is CSCC(C)N(C)C(=O)C1(C(C)C)CCNC1. The summed E-state index contributed by atoms with van der Waals surface area (Å²) < 4.78 is 0. The van der Waals surface area contributed by atoms with Crippen molar-refractivity contribution in [2.45, 2.75) is 33.2 Å². The second kappa shape index (κ2) is 6.10. The largest absolute Gasteiger partial charge is 0.342 e. The minimum Gasteiger partial charge on any atom is -0.342 e. The lowest BCUT2D eigenvalue weighted by atomic mass is 9.75. The summed E-state index contributed by atoms with van der Waals surface area (Å²) in [7, 11) is 1.95. The molecule has 0 aromatic carbocycles. The molecule has 1 fully saturated rings. The van der Waals surface area contributed by atoms with Gasteiger partial charge in [0.25, 0.3) is 0 Å². The highest BCUT2D eigenvalue weighted by molar-refractivity contribution is 7.98. The molecule has 2 unspecified atom stereocenters. The van der Waals surface area contributed by atoms with Crippen LogP contribution in [0.1, 0.15) is 27.2 Å². The van der Waals surface area contributed by atoms with Gasteiger partial charge in [0.05, 0.1) is 5.41 Å². The Bertz CT molecular complexity index is 262. The number of hydrogen-bond donors (Lipinski definition) is 1. The number of amides is 1. The van der Waals surface area contributed by atoms with Gasteiger partial charge in [0, 0.05) is 25.4 Å². The molecular formula is C13H26N2OS. The summed E-state index contributed by atoms with van der Waals surface area (Å²) in [4.78, 5) is 14.6. The standard InChI is InChI=1S/C13H26N2OS/c1-10(2)13(6-7-14-9-13)12(16)15(4)11(3)8-17-5/h10-11,14H,6-9H2,1-5H3. The Hall–Kier alpha value is -0.220. The molecule has 4 heteroatoms. The Morgan fingerprint density at radius 1 is 1.47 bits per heavy atom. The maximum atomic E-state index is 12.7. The van der Waals surface area contributed by atoms with Crippen LogP contribution in [0.15, 0.2) is 0 Å². The van der Waals surface area contributed by atoms with Gasteiger partial charge in [-0.15, -0.1) is 0 Å². The van der Waals surface area contributed by atoms with Crippen LogP contribution in [0.5, 0.6) is 0 Å². The first-order valence-electron chi connectivity index (χ1n) is 6.42. The maximum absolute atomic E-state index is 12.7. The predicted molar refractivity (Wildman–Crippen MR) is 75.4 cm³/mol. The fourth-order valence-electron chi connectivity index (χ4n) is 2.54. The van der Waals surface area contributed by atoms with Gasteiger partial charge in [0.2, 0.25) is 5.91 Å². The van der Waals surface area contributed by atoms with E-state index in [4.69, 9.17) is 0 Å². The van der Waals surface area contributed by atoms with E-state index < -0.39 is 0 Å². The zero-order valence-corrected chi connectivity index (χ0v) is 12.6. The molecule has 1 N–H and O–H groups in total. The summed E-state index contributed by atoms with van der Waals surface area (Å²) in [5.74, 6) is 1.72. The van der Waals surface area contributed by atoms with E-state index in [1.807, 2.05) is 11.9 Å². The van der Waals surface area contributed by atoms with Crippen LogP contribution < -0.4 is 5.32 Å². The molecule has 1 aliphatic rings. The van der Waals surface area contributed by atoms with Crippen LogP contribution in [-0.2, 0) is 4.79 Å². The van der Waals surface area contributed by atoms with Crippen molar-refractivity contribution < 1.29 is 4.79 Å². The molecule has 1 heterocycles. The summed E-state index contributed by atoms with van der Waals surface area (Å²) in [5.41, 5.74) is -0.179. The van der Waals surface area contributed by atoms with E-state index >= 15 is 0 Å². The Kier molecular flexibility index (Phi) is 5.32. The van der Waals surface area contributed by atoms with Gasteiger partial charge in [-0.05, 0) is 32.1 Å². The van der Waals surface area contributed by atoms with E-state index in [0.717, 1.165) is 25.3 Å². The van der Waals surface area contributed by atoms with E-state index in [0.29, 0.717) is 17.9 Å². The molecule has 1 saturated heterocycles. The molecule has 0 aromatic rings. The first kappa shape index (κ1) is 14.8. The zero-order valence-electron chi connectivity index (χ0n) is 11.7. The topological polar surface area (TPSA) is 32.3 Å². The van der Waals surface area contributed by atoms with Crippen LogP contribution in [0.4, 0.5) is 0 Å². The highest BCUT2D eigenvalue weighted by Gasteiger charge is 2.45. The second-order valence-electron chi connectivity index (χ2n) is 5.46. The number of hydrogen-bond acceptors (Lipinski definition) is 3. The molecule has 0 bridgehead atoms. The Morgan fingerprint density at radius 3 is 2.53 bits per heavy atom. The van der Waals surface area contributed by atoms with Gasteiger partial charge in [-0.2, -0.15) is 11.8 Å². The van der Waals surface area contributed by atoms with E-state index in [9.17, 15) is 4.79 Å². The van der Waals surface area contributed by atoms with Gasteiger partial charge >= 0.3 is 0 Å². The lowest BCUT2D eigenvalue weighted by Gasteiger charge is -2.37. The first-order valence-corrected chi connectivity index (χ1v) is 7.82. The quantitative estimate of drug-likeness (QED) is 0.816. The van der Waals surface area contributed by atoms with Crippen molar-refractivity contribution in [1.29, 1.82) is 0 Å². The number of nitrogens with one attached hydrogen (secondary N) is 1. The minimum atomic E-state index is -0.179. The smallest absolute Gasteiger partial charge is 0.230 e. The summed E-state index contributed by atoms with van der Waals surface area (Å²) in [5, 5.41) is 3.35. The molecule has 0 spiro atoms. The maximum Gasteiger partial charge on any atom is 0.230 e.